The van der Waals surface area contributed by atoms with Gasteiger partial charge < -0.3 is 10.7 Å². The smallest absolute Gasteiger partial charge is 0.146 e. The monoisotopic (exact) mass is 247 g/mol. The summed E-state index contributed by atoms with van der Waals surface area (Å²) in [5, 5.41) is 2.93. The molecule has 0 unspecified atom stereocenters. The molecule has 0 radical (unpaired) electrons. The molecule has 0 atom stereocenters. The molecule has 0 amide bonds. The topological polar surface area (TPSA) is 75.9 Å². The Kier molecular flexibility index (Phi) is 3.38. The predicted molar refractivity (Wildman–Crippen MR) is 69.0 cm³/mol. The van der Waals surface area contributed by atoms with E-state index >= 15 is 0 Å². The van der Waals surface area contributed by atoms with E-state index in [2.05, 4.69) is 20.7 Å². The van der Waals surface area contributed by atoms with Crippen LogP contribution in [0.5, 0.6) is 0 Å². The van der Waals surface area contributed by atoms with Crippen molar-refractivity contribution in [1.82, 2.24) is 9.97 Å². The van der Waals surface area contributed by atoms with Crippen LogP contribution >= 0.6 is 0 Å². The Morgan fingerprint density at radius 2 is 1.89 bits per heavy atom. The Balaban J connectivity index is 2.37. The molecule has 0 aliphatic rings. The van der Waals surface area contributed by atoms with Gasteiger partial charge in [0.15, 0.2) is 0 Å². The van der Waals surface area contributed by atoms with Gasteiger partial charge in [0.1, 0.15) is 23.3 Å². The van der Waals surface area contributed by atoms with E-state index in [-0.39, 0.29) is 5.82 Å². The molecule has 0 saturated carbocycles. The number of hydrogen-bond acceptors (Lipinski definition) is 5. The van der Waals surface area contributed by atoms with Crippen molar-refractivity contribution < 1.29 is 4.39 Å². The molecule has 18 heavy (non-hydrogen) atoms. The van der Waals surface area contributed by atoms with E-state index in [0.29, 0.717) is 23.1 Å². The second kappa shape index (κ2) is 4.97. The number of nitrogens with two attached hydrogens (primary N) is 1. The average molecular weight is 247 g/mol. The van der Waals surface area contributed by atoms with E-state index in [1.807, 2.05) is 13.0 Å². The summed E-state index contributed by atoms with van der Waals surface area (Å²) in [5.41, 5.74) is 3.64. The highest BCUT2D eigenvalue weighted by Crippen LogP contribution is 2.23. The van der Waals surface area contributed by atoms with Crippen molar-refractivity contribution in [3.63, 3.8) is 0 Å². The summed E-state index contributed by atoms with van der Waals surface area (Å²) in [7, 11) is 0. The minimum absolute atomic E-state index is 0.325. The van der Waals surface area contributed by atoms with Crippen molar-refractivity contribution in [1.29, 1.82) is 0 Å². The Bertz CT molecular complexity index is 550. The lowest BCUT2D eigenvalue weighted by Gasteiger charge is -2.11. The summed E-state index contributed by atoms with van der Waals surface area (Å²) < 4.78 is 13.7. The van der Waals surface area contributed by atoms with Crippen molar-refractivity contribution in [3.05, 3.63) is 41.5 Å². The highest BCUT2D eigenvalue weighted by atomic mass is 19.1. The van der Waals surface area contributed by atoms with E-state index in [1.54, 1.807) is 19.1 Å². The number of nitrogens with one attached hydrogen (secondary N) is 2. The third kappa shape index (κ3) is 2.54. The van der Waals surface area contributed by atoms with Crippen LogP contribution < -0.4 is 16.6 Å². The van der Waals surface area contributed by atoms with Gasteiger partial charge in [0.2, 0.25) is 0 Å². The summed E-state index contributed by atoms with van der Waals surface area (Å²) in [4.78, 5) is 8.23. The number of aromatic nitrogens is 2. The molecule has 0 fully saturated rings. The number of benzene rings is 1. The Hall–Kier alpha value is -2.21. The molecule has 0 aliphatic carbocycles. The second-order valence-corrected chi connectivity index (χ2v) is 3.89. The minimum atomic E-state index is -0.325. The molecular weight excluding hydrogens is 233 g/mol. The molecule has 5 nitrogen and oxygen atoms in total. The quantitative estimate of drug-likeness (QED) is 0.573. The third-order valence-corrected chi connectivity index (χ3v) is 2.46. The number of para-hydroxylation sites is 1. The minimum Gasteiger partial charge on any atom is -0.337 e. The molecule has 0 spiro atoms. The average Bonchev–Trinajstić information content (AvgIpc) is 2.33. The first-order valence-corrected chi connectivity index (χ1v) is 5.44. The Morgan fingerprint density at radius 3 is 2.56 bits per heavy atom. The molecule has 2 aromatic rings. The van der Waals surface area contributed by atoms with Gasteiger partial charge in [0.25, 0.3) is 0 Å². The first-order valence-electron chi connectivity index (χ1n) is 5.44. The van der Waals surface area contributed by atoms with Crippen LogP contribution in [0.2, 0.25) is 0 Å². The van der Waals surface area contributed by atoms with Crippen LogP contribution in [0.4, 0.5) is 21.7 Å². The molecule has 0 bridgehead atoms. The van der Waals surface area contributed by atoms with Crippen molar-refractivity contribution in [3.8, 4) is 0 Å². The van der Waals surface area contributed by atoms with Crippen molar-refractivity contribution in [2.45, 2.75) is 13.8 Å². The van der Waals surface area contributed by atoms with Gasteiger partial charge in [0.05, 0.1) is 5.69 Å². The fraction of sp³-hybridized carbons (Fsp3) is 0.167. The number of aryl methyl sites for hydroxylation is 2. The normalized spacial score (nSPS) is 10.2. The maximum atomic E-state index is 13.7. The van der Waals surface area contributed by atoms with Crippen LogP contribution in [0.25, 0.3) is 0 Å². The number of anilines is 3. The van der Waals surface area contributed by atoms with Gasteiger partial charge in [-0.3, -0.25) is 0 Å². The van der Waals surface area contributed by atoms with Gasteiger partial charge in [-0.15, -0.1) is 0 Å². The highest BCUT2D eigenvalue weighted by molar-refractivity contribution is 5.62. The van der Waals surface area contributed by atoms with Gasteiger partial charge in [0, 0.05) is 6.07 Å². The molecule has 0 aliphatic heterocycles. The maximum Gasteiger partial charge on any atom is 0.146 e. The van der Waals surface area contributed by atoms with E-state index in [0.717, 1.165) is 5.56 Å². The van der Waals surface area contributed by atoms with E-state index in [4.69, 9.17) is 5.84 Å². The Labute approximate surface area is 104 Å². The van der Waals surface area contributed by atoms with E-state index < -0.39 is 0 Å². The van der Waals surface area contributed by atoms with Crippen molar-refractivity contribution in [2.24, 2.45) is 5.84 Å². The van der Waals surface area contributed by atoms with E-state index in [1.165, 1.54) is 6.07 Å². The third-order valence-electron chi connectivity index (χ3n) is 2.46. The summed E-state index contributed by atoms with van der Waals surface area (Å²) >= 11 is 0. The van der Waals surface area contributed by atoms with Crippen molar-refractivity contribution >= 4 is 17.3 Å². The number of rotatable bonds is 3. The van der Waals surface area contributed by atoms with Gasteiger partial charge >= 0.3 is 0 Å². The number of hydrazine groups is 1. The number of hydrogen-bond donors (Lipinski definition) is 3. The van der Waals surface area contributed by atoms with Crippen LogP contribution in [-0.2, 0) is 0 Å². The summed E-state index contributed by atoms with van der Waals surface area (Å²) in [6.07, 6.45) is 0. The number of halogens is 1. The molecule has 4 N–H and O–H groups in total. The van der Waals surface area contributed by atoms with Gasteiger partial charge in [-0.1, -0.05) is 12.1 Å². The molecule has 1 heterocycles. The van der Waals surface area contributed by atoms with Crippen molar-refractivity contribution in [2.75, 3.05) is 10.7 Å². The van der Waals surface area contributed by atoms with Crippen LogP contribution in [0.1, 0.15) is 11.4 Å². The highest BCUT2D eigenvalue weighted by Gasteiger charge is 2.07. The van der Waals surface area contributed by atoms with E-state index in [9.17, 15) is 4.39 Å². The molecule has 6 heteroatoms. The van der Waals surface area contributed by atoms with Gasteiger partial charge in [-0.05, 0) is 25.5 Å². The maximum absolute atomic E-state index is 13.7. The summed E-state index contributed by atoms with van der Waals surface area (Å²) in [6.45, 7) is 3.56. The number of nitrogens with zero attached hydrogens (tertiary/aromatic N) is 2. The first-order chi connectivity index (χ1) is 8.60. The molecule has 2 rings (SSSR count). The second-order valence-electron chi connectivity index (χ2n) is 3.89. The zero-order valence-electron chi connectivity index (χ0n) is 10.2. The fourth-order valence-electron chi connectivity index (χ4n) is 1.62. The largest absolute Gasteiger partial charge is 0.337 e. The lowest BCUT2D eigenvalue weighted by atomic mass is 10.2. The summed E-state index contributed by atoms with van der Waals surface area (Å²) in [5.74, 6) is 6.48. The van der Waals surface area contributed by atoms with Crippen LogP contribution in [-0.4, -0.2) is 9.97 Å². The Morgan fingerprint density at radius 1 is 1.17 bits per heavy atom. The molecule has 94 valence electrons. The SMILES string of the molecule is Cc1nc(NN)cc(Nc2c(C)cccc2F)n1. The lowest BCUT2D eigenvalue weighted by molar-refractivity contribution is 0.630. The predicted octanol–water partition coefficient (Wildman–Crippen LogP) is 2.26. The van der Waals surface area contributed by atoms with Crippen LogP contribution in [0, 0.1) is 19.7 Å². The lowest BCUT2D eigenvalue weighted by Crippen LogP contribution is -2.10. The van der Waals surface area contributed by atoms with Crippen LogP contribution in [0.15, 0.2) is 24.3 Å². The van der Waals surface area contributed by atoms with Crippen LogP contribution in [0.3, 0.4) is 0 Å². The molecule has 0 saturated heterocycles. The zero-order chi connectivity index (χ0) is 13.1. The summed E-state index contributed by atoms with van der Waals surface area (Å²) in [6, 6.07) is 6.49. The zero-order valence-corrected chi connectivity index (χ0v) is 10.2. The fourth-order valence-corrected chi connectivity index (χ4v) is 1.62. The standard InChI is InChI=1S/C12H14FN5/c1-7-4-3-5-9(13)12(7)17-10-6-11(18-14)16-8(2)15-10/h3-6H,14H2,1-2H3,(H2,15,16,17,18). The first kappa shape index (κ1) is 12.3. The van der Waals surface area contributed by atoms with Gasteiger partial charge in [-0.2, -0.15) is 0 Å². The number of nitrogen functional groups attached to an aromatic ring is 1. The molecular formula is C12H14FN5. The van der Waals surface area contributed by atoms with Gasteiger partial charge in [-0.25, -0.2) is 20.2 Å². The molecule has 1 aromatic carbocycles. The molecule has 1 aromatic heterocycles.